The maximum atomic E-state index is 12.5. The monoisotopic (exact) mass is 332 g/mol. The van der Waals surface area contributed by atoms with Crippen molar-refractivity contribution in [3.63, 3.8) is 0 Å². The Morgan fingerprint density at radius 3 is 2.62 bits per heavy atom. The van der Waals surface area contributed by atoms with Crippen LogP contribution in [0, 0.1) is 0 Å². The lowest BCUT2D eigenvalue weighted by molar-refractivity contribution is 0.0416. The molecule has 6 nitrogen and oxygen atoms in total. The van der Waals surface area contributed by atoms with Gasteiger partial charge in [-0.05, 0) is 30.5 Å². The van der Waals surface area contributed by atoms with Gasteiger partial charge in [-0.25, -0.2) is 4.79 Å². The minimum absolute atomic E-state index is 0.0625. The van der Waals surface area contributed by atoms with E-state index in [0.29, 0.717) is 0 Å². The molecule has 0 aromatic carbocycles. The predicted octanol–water partition coefficient (Wildman–Crippen LogP) is 1.87. The minimum atomic E-state index is 0.0625. The fraction of sp³-hybridized carbons (Fsp3) is 0.667. The number of urea groups is 1. The first-order valence-electron chi connectivity index (χ1n) is 8.96. The maximum Gasteiger partial charge on any atom is 0.317 e. The highest BCUT2D eigenvalue weighted by Gasteiger charge is 2.29. The van der Waals surface area contributed by atoms with E-state index in [9.17, 15) is 4.79 Å². The van der Waals surface area contributed by atoms with Crippen molar-refractivity contribution >= 4 is 6.03 Å². The van der Waals surface area contributed by atoms with Crippen molar-refractivity contribution in [1.29, 1.82) is 0 Å². The molecule has 2 amide bonds. The van der Waals surface area contributed by atoms with Crippen molar-refractivity contribution in [3.8, 4) is 0 Å². The van der Waals surface area contributed by atoms with Crippen LogP contribution in [0.4, 0.5) is 4.79 Å². The van der Waals surface area contributed by atoms with Crippen LogP contribution >= 0.6 is 0 Å². The number of carbonyl (C=O) groups is 1. The zero-order chi connectivity index (χ0) is 16.8. The van der Waals surface area contributed by atoms with Gasteiger partial charge in [0.25, 0.3) is 0 Å². The molecule has 2 fully saturated rings. The fourth-order valence-electron chi connectivity index (χ4n) is 3.65. The lowest BCUT2D eigenvalue weighted by atomic mass is 9.92. The van der Waals surface area contributed by atoms with Crippen molar-refractivity contribution in [2.45, 2.75) is 44.4 Å². The van der Waals surface area contributed by atoms with Crippen LogP contribution < -0.4 is 5.32 Å². The minimum Gasteiger partial charge on any atom is -0.379 e. The number of aromatic nitrogens is 1. The molecule has 6 heteroatoms. The summed E-state index contributed by atoms with van der Waals surface area (Å²) in [5.41, 5.74) is 1.27. The van der Waals surface area contributed by atoms with Gasteiger partial charge in [-0.3, -0.25) is 9.88 Å². The number of methoxy groups -OCH3 is 1. The number of ether oxygens (including phenoxy) is 1. The molecule has 0 bridgehead atoms. The van der Waals surface area contributed by atoms with E-state index in [1.807, 2.05) is 29.4 Å². The maximum absolute atomic E-state index is 12.5. The third kappa shape index (κ3) is 4.45. The number of nitrogens with zero attached hydrogens (tertiary/aromatic N) is 3. The van der Waals surface area contributed by atoms with Crippen molar-refractivity contribution in [2.24, 2.45) is 0 Å². The van der Waals surface area contributed by atoms with Crippen molar-refractivity contribution < 1.29 is 9.53 Å². The van der Waals surface area contributed by atoms with Gasteiger partial charge in [0.05, 0.1) is 12.1 Å². The summed E-state index contributed by atoms with van der Waals surface area (Å²) in [6, 6.07) is 4.32. The smallest absolute Gasteiger partial charge is 0.317 e. The van der Waals surface area contributed by atoms with Gasteiger partial charge in [-0.1, -0.05) is 12.8 Å². The number of nitrogens with one attached hydrogen (secondary N) is 1. The van der Waals surface area contributed by atoms with Gasteiger partial charge in [-0.2, -0.15) is 0 Å². The molecule has 3 rings (SSSR count). The van der Waals surface area contributed by atoms with E-state index in [2.05, 4.69) is 15.2 Å². The van der Waals surface area contributed by atoms with Gasteiger partial charge in [0.15, 0.2) is 0 Å². The number of amides is 2. The summed E-state index contributed by atoms with van der Waals surface area (Å²) in [7, 11) is 1.74. The van der Waals surface area contributed by atoms with E-state index in [4.69, 9.17) is 4.74 Å². The summed E-state index contributed by atoms with van der Waals surface area (Å²) in [5, 5.41) is 3.19. The standard InChI is InChI=1S/C18H28N4O2/c1-24-17-5-3-2-4-16(17)20-18(23)22-12-10-21(11-13-22)14-15-6-8-19-9-7-15/h6-9,16-17H,2-5,10-14H2,1H3,(H,20,23)/t16-,17-/m1/s1. The Bertz CT molecular complexity index is 517. The van der Waals surface area contributed by atoms with Crippen molar-refractivity contribution in [1.82, 2.24) is 20.1 Å². The summed E-state index contributed by atoms with van der Waals surface area (Å²) in [6.45, 7) is 4.30. The van der Waals surface area contributed by atoms with Crippen LogP contribution in [-0.2, 0) is 11.3 Å². The molecule has 2 heterocycles. The summed E-state index contributed by atoms with van der Waals surface area (Å²) >= 11 is 0. The second-order valence-corrected chi connectivity index (χ2v) is 6.73. The molecule has 24 heavy (non-hydrogen) atoms. The normalized spacial score (nSPS) is 25.5. The third-order valence-electron chi connectivity index (χ3n) is 5.13. The van der Waals surface area contributed by atoms with Gasteiger partial charge >= 0.3 is 6.03 Å². The van der Waals surface area contributed by atoms with Gasteiger partial charge in [0, 0.05) is 52.2 Å². The van der Waals surface area contributed by atoms with Crippen LogP contribution in [0.1, 0.15) is 31.2 Å². The molecular weight excluding hydrogens is 304 g/mol. The topological polar surface area (TPSA) is 57.7 Å². The van der Waals surface area contributed by atoms with Crippen molar-refractivity contribution in [2.75, 3.05) is 33.3 Å². The molecule has 0 unspecified atom stereocenters. The number of hydrogen-bond acceptors (Lipinski definition) is 4. The Morgan fingerprint density at radius 1 is 1.21 bits per heavy atom. The third-order valence-corrected chi connectivity index (χ3v) is 5.13. The summed E-state index contributed by atoms with van der Waals surface area (Å²) < 4.78 is 5.53. The highest BCUT2D eigenvalue weighted by atomic mass is 16.5. The molecule has 0 spiro atoms. The molecule has 1 aliphatic carbocycles. The number of piperazine rings is 1. The molecule has 1 N–H and O–H groups in total. The molecule has 1 saturated heterocycles. The molecule has 1 aromatic heterocycles. The van der Waals surface area contributed by atoms with Gasteiger partial charge < -0.3 is 15.0 Å². The predicted molar refractivity (Wildman–Crippen MR) is 92.7 cm³/mol. The van der Waals surface area contributed by atoms with Crippen LogP contribution in [-0.4, -0.2) is 66.2 Å². The van der Waals surface area contributed by atoms with Gasteiger partial charge in [0.1, 0.15) is 0 Å². The van der Waals surface area contributed by atoms with Gasteiger partial charge in [-0.15, -0.1) is 0 Å². The Hall–Kier alpha value is -1.66. The van der Waals surface area contributed by atoms with Crippen LogP contribution in [0.5, 0.6) is 0 Å². The van der Waals surface area contributed by atoms with E-state index < -0.39 is 0 Å². The summed E-state index contributed by atoms with van der Waals surface area (Å²) in [6.07, 6.45) is 8.25. The number of hydrogen-bond donors (Lipinski definition) is 1. The van der Waals surface area contributed by atoms with Crippen LogP contribution in [0.15, 0.2) is 24.5 Å². The fourth-order valence-corrected chi connectivity index (χ4v) is 3.65. The summed E-state index contributed by atoms with van der Waals surface area (Å²) in [5.74, 6) is 0. The van der Waals surface area contributed by atoms with Crippen LogP contribution in [0.25, 0.3) is 0 Å². The molecule has 132 valence electrons. The highest BCUT2D eigenvalue weighted by Crippen LogP contribution is 2.21. The quantitative estimate of drug-likeness (QED) is 0.914. The number of rotatable bonds is 4. The molecule has 1 aliphatic heterocycles. The van der Waals surface area contributed by atoms with Crippen molar-refractivity contribution in [3.05, 3.63) is 30.1 Å². The largest absolute Gasteiger partial charge is 0.379 e. The first-order valence-corrected chi connectivity index (χ1v) is 8.96. The van der Waals surface area contributed by atoms with E-state index >= 15 is 0 Å². The second kappa shape index (κ2) is 8.44. The van der Waals surface area contributed by atoms with Crippen LogP contribution in [0.2, 0.25) is 0 Å². The molecule has 2 aliphatic rings. The molecule has 0 radical (unpaired) electrons. The van der Waals surface area contributed by atoms with E-state index in [0.717, 1.165) is 45.6 Å². The Morgan fingerprint density at radius 2 is 1.92 bits per heavy atom. The molecule has 1 aromatic rings. The lowest BCUT2D eigenvalue weighted by Gasteiger charge is -2.37. The van der Waals surface area contributed by atoms with E-state index in [1.54, 1.807) is 7.11 Å². The average Bonchev–Trinajstić information content (AvgIpc) is 2.63. The first kappa shape index (κ1) is 17.2. The van der Waals surface area contributed by atoms with Gasteiger partial charge in [0.2, 0.25) is 0 Å². The lowest BCUT2D eigenvalue weighted by Crippen LogP contribution is -2.55. The zero-order valence-electron chi connectivity index (χ0n) is 14.5. The molecule has 2 atom stereocenters. The highest BCUT2D eigenvalue weighted by molar-refractivity contribution is 5.74. The summed E-state index contributed by atoms with van der Waals surface area (Å²) in [4.78, 5) is 20.9. The average molecular weight is 332 g/mol. The van der Waals surface area contributed by atoms with Crippen LogP contribution in [0.3, 0.4) is 0 Å². The zero-order valence-corrected chi connectivity index (χ0v) is 14.5. The first-order chi connectivity index (χ1) is 11.8. The second-order valence-electron chi connectivity index (χ2n) is 6.73. The SMILES string of the molecule is CO[C@@H]1CCCC[C@H]1NC(=O)N1CCN(Cc2ccncc2)CC1. The Balaban J connectivity index is 1.45. The van der Waals surface area contributed by atoms with E-state index in [-0.39, 0.29) is 18.2 Å². The number of pyridine rings is 1. The molecular formula is C18H28N4O2. The Labute approximate surface area is 144 Å². The van der Waals surface area contributed by atoms with E-state index in [1.165, 1.54) is 18.4 Å². The molecule has 1 saturated carbocycles. The Kier molecular flexibility index (Phi) is 6.04. The number of carbonyl (C=O) groups excluding carboxylic acids is 1.